The van der Waals surface area contributed by atoms with Crippen molar-refractivity contribution in [3.05, 3.63) is 0 Å². The second kappa shape index (κ2) is 4.47. The highest BCUT2D eigenvalue weighted by molar-refractivity contribution is 8.13. The van der Waals surface area contributed by atoms with E-state index in [2.05, 4.69) is 15.4 Å². The van der Waals surface area contributed by atoms with Crippen molar-refractivity contribution in [2.45, 2.75) is 19.2 Å². The van der Waals surface area contributed by atoms with Crippen LogP contribution in [0, 0.1) is 0 Å². The van der Waals surface area contributed by atoms with Crippen molar-refractivity contribution in [3.8, 4) is 0 Å². The Morgan fingerprint density at radius 1 is 1.46 bits per heavy atom. The lowest BCUT2D eigenvalue weighted by atomic mass is 10.4. The Bertz CT molecular complexity index is 248. The van der Waals surface area contributed by atoms with E-state index in [4.69, 9.17) is 0 Å². The van der Waals surface area contributed by atoms with E-state index in [0.29, 0.717) is 0 Å². The number of hydrogen-bond donors (Lipinski definition) is 0. The minimum absolute atomic E-state index is 0.226. The summed E-state index contributed by atoms with van der Waals surface area (Å²) in [5.41, 5.74) is 0. The second-order valence-corrected chi connectivity index (χ2v) is 5.01. The van der Waals surface area contributed by atoms with Crippen LogP contribution in [0.25, 0.3) is 0 Å². The van der Waals surface area contributed by atoms with E-state index in [1.165, 1.54) is 6.92 Å². The van der Waals surface area contributed by atoms with Gasteiger partial charge in [-0.3, -0.25) is 0 Å². The fourth-order valence-electron chi connectivity index (χ4n) is 0.619. The van der Waals surface area contributed by atoms with E-state index >= 15 is 0 Å². The largest absolute Gasteiger partial charge is 0.415 e. The topological polar surface area (TPSA) is 43.4 Å². The lowest BCUT2D eigenvalue weighted by Gasteiger charge is -2.18. The van der Waals surface area contributed by atoms with E-state index in [-0.39, 0.29) is 6.61 Å². The number of alkyl halides is 3. The minimum atomic E-state index is -4.71. The summed E-state index contributed by atoms with van der Waals surface area (Å²) in [4.78, 5) is 0. The summed E-state index contributed by atoms with van der Waals surface area (Å²) in [5, 5.41) is 0. The van der Waals surface area contributed by atoms with E-state index in [1.807, 2.05) is 0 Å². The first kappa shape index (κ1) is 13.0. The number of halogens is 4. The van der Waals surface area contributed by atoms with Crippen molar-refractivity contribution < 1.29 is 26.3 Å². The molecular formula is C5H8ClF3O3S. The highest BCUT2D eigenvalue weighted by atomic mass is 35.7. The molecule has 0 spiro atoms. The van der Waals surface area contributed by atoms with Gasteiger partial charge in [0.05, 0.1) is 5.75 Å². The van der Waals surface area contributed by atoms with Gasteiger partial charge in [0.25, 0.3) is 0 Å². The standard InChI is InChI=1S/C5H8ClF3O3S/c1-2-12-4(5(7,8)9)3-13(6,10)11/h4H,2-3H2,1H3. The Balaban J connectivity index is 4.45. The average Bonchev–Trinajstić information content (AvgIpc) is 1.81. The van der Waals surface area contributed by atoms with Crippen LogP contribution in [0.2, 0.25) is 0 Å². The van der Waals surface area contributed by atoms with Crippen molar-refractivity contribution >= 4 is 19.7 Å². The third-order valence-electron chi connectivity index (χ3n) is 1.08. The van der Waals surface area contributed by atoms with Gasteiger partial charge >= 0.3 is 6.18 Å². The van der Waals surface area contributed by atoms with Crippen LogP contribution in [0.4, 0.5) is 13.2 Å². The first-order chi connectivity index (χ1) is 5.67. The average molecular weight is 241 g/mol. The number of hydrogen-bond acceptors (Lipinski definition) is 3. The zero-order valence-electron chi connectivity index (χ0n) is 6.64. The van der Waals surface area contributed by atoms with E-state index in [0.717, 1.165) is 0 Å². The molecule has 0 heterocycles. The second-order valence-electron chi connectivity index (χ2n) is 2.19. The van der Waals surface area contributed by atoms with Gasteiger partial charge in [0, 0.05) is 17.3 Å². The molecule has 0 aliphatic heterocycles. The summed E-state index contributed by atoms with van der Waals surface area (Å²) in [7, 11) is 0.460. The van der Waals surface area contributed by atoms with Crippen molar-refractivity contribution in [1.82, 2.24) is 0 Å². The summed E-state index contributed by atoms with van der Waals surface area (Å²) in [5.74, 6) is -1.26. The molecule has 0 fully saturated rings. The van der Waals surface area contributed by atoms with Crippen LogP contribution in [0.15, 0.2) is 0 Å². The smallest absolute Gasteiger partial charge is 0.368 e. The van der Waals surface area contributed by atoms with Crippen LogP contribution in [0.3, 0.4) is 0 Å². The predicted molar refractivity (Wildman–Crippen MR) is 41.1 cm³/mol. The van der Waals surface area contributed by atoms with Crippen LogP contribution < -0.4 is 0 Å². The molecule has 1 atom stereocenters. The third-order valence-corrected chi connectivity index (χ3v) is 2.16. The molecule has 80 valence electrons. The fraction of sp³-hybridized carbons (Fsp3) is 1.00. The first-order valence-electron chi connectivity index (χ1n) is 3.27. The van der Waals surface area contributed by atoms with E-state index in [9.17, 15) is 21.6 Å². The molecule has 0 N–H and O–H groups in total. The summed E-state index contributed by atoms with van der Waals surface area (Å²) in [6.45, 7) is 1.11. The zero-order valence-corrected chi connectivity index (χ0v) is 8.21. The van der Waals surface area contributed by atoms with Crippen molar-refractivity contribution in [1.29, 1.82) is 0 Å². The molecule has 0 aliphatic rings. The molecule has 0 saturated heterocycles. The number of rotatable bonds is 4. The normalized spacial score (nSPS) is 15.8. The van der Waals surface area contributed by atoms with E-state index in [1.54, 1.807) is 0 Å². The Hall–Kier alpha value is -0.0100. The summed E-state index contributed by atoms with van der Waals surface area (Å²) < 4.78 is 60.9. The van der Waals surface area contributed by atoms with Gasteiger partial charge in [-0.05, 0) is 6.92 Å². The molecule has 8 heteroatoms. The summed E-state index contributed by atoms with van der Waals surface area (Å²) in [6.07, 6.45) is -7.06. The highest BCUT2D eigenvalue weighted by Gasteiger charge is 2.42. The molecule has 0 aliphatic carbocycles. The lowest BCUT2D eigenvalue weighted by Crippen LogP contribution is -2.36. The van der Waals surface area contributed by atoms with Gasteiger partial charge in [0.2, 0.25) is 9.05 Å². The van der Waals surface area contributed by atoms with Crippen LogP contribution in [0.5, 0.6) is 0 Å². The molecule has 3 nitrogen and oxygen atoms in total. The molecule has 0 aromatic heterocycles. The Morgan fingerprint density at radius 3 is 2.15 bits per heavy atom. The summed E-state index contributed by atoms with van der Waals surface area (Å²) >= 11 is 0. The molecule has 0 bridgehead atoms. The monoisotopic (exact) mass is 240 g/mol. The molecule has 0 radical (unpaired) electrons. The quantitative estimate of drug-likeness (QED) is 0.700. The van der Waals surface area contributed by atoms with Gasteiger partial charge < -0.3 is 4.74 Å². The van der Waals surface area contributed by atoms with Crippen molar-refractivity contribution in [2.75, 3.05) is 12.4 Å². The SMILES string of the molecule is CCOC(CS(=O)(=O)Cl)C(F)(F)F. The maximum absolute atomic E-state index is 12.0. The minimum Gasteiger partial charge on any atom is -0.368 e. The molecule has 1 unspecified atom stereocenters. The Kier molecular flexibility index (Phi) is 4.47. The third kappa shape index (κ3) is 6.11. The summed E-state index contributed by atoms with van der Waals surface area (Å²) in [6, 6.07) is 0. The zero-order chi connectivity index (χ0) is 10.7. The molecule has 0 amide bonds. The Labute approximate surface area is 78.2 Å². The Morgan fingerprint density at radius 2 is 1.92 bits per heavy atom. The molecule has 0 rings (SSSR count). The van der Waals surface area contributed by atoms with Gasteiger partial charge in [-0.2, -0.15) is 13.2 Å². The van der Waals surface area contributed by atoms with E-state index < -0.39 is 27.1 Å². The van der Waals surface area contributed by atoms with Crippen LogP contribution in [-0.2, 0) is 13.8 Å². The molecule has 0 aromatic carbocycles. The van der Waals surface area contributed by atoms with Gasteiger partial charge in [-0.1, -0.05) is 0 Å². The molecule has 0 saturated carbocycles. The molecule has 13 heavy (non-hydrogen) atoms. The van der Waals surface area contributed by atoms with Crippen LogP contribution in [0.1, 0.15) is 6.92 Å². The van der Waals surface area contributed by atoms with Gasteiger partial charge in [-0.15, -0.1) is 0 Å². The highest BCUT2D eigenvalue weighted by Crippen LogP contribution is 2.24. The maximum Gasteiger partial charge on any atom is 0.415 e. The van der Waals surface area contributed by atoms with Gasteiger partial charge in [0.15, 0.2) is 6.10 Å². The van der Waals surface area contributed by atoms with Gasteiger partial charge in [-0.25, -0.2) is 8.42 Å². The maximum atomic E-state index is 12.0. The molecular weight excluding hydrogens is 233 g/mol. The van der Waals surface area contributed by atoms with Crippen LogP contribution >= 0.6 is 10.7 Å². The van der Waals surface area contributed by atoms with Gasteiger partial charge in [0.1, 0.15) is 0 Å². The predicted octanol–water partition coefficient (Wildman–Crippen LogP) is 1.52. The lowest BCUT2D eigenvalue weighted by molar-refractivity contribution is -0.211. The first-order valence-corrected chi connectivity index (χ1v) is 5.75. The number of ether oxygens (including phenoxy) is 1. The molecule has 0 aromatic rings. The fourth-order valence-corrected chi connectivity index (χ4v) is 1.61. The van der Waals surface area contributed by atoms with Crippen molar-refractivity contribution in [3.63, 3.8) is 0 Å². The van der Waals surface area contributed by atoms with Crippen LogP contribution in [-0.4, -0.2) is 33.1 Å². The van der Waals surface area contributed by atoms with Crippen molar-refractivity contribution in [2.24, 2.45) is 0 Å².